The van der Waals surface area contributed by atoms with Gasteiger partial charge in [-0.25, -0.2) is 9.48 Å². The Kier molecular flexibility index (Phi) is 5.57. The van der Waals surface area contributed by atoms with Crippen LogP contribution in [0, 0.1) is 0 Å². The molecule has 2 aromatic carbocycles. The molecular formula is C20H15ClN4O5S. The predicted molar refractivity (Wildman–Crippen MR) is 115 cm³/mol. The first-order valence-electron chi connectivity index (χ1n) is 8.81. The average molecular weight is 459 g/mol. The molecule has 0 aliphatic carbocycles. The number of halogens is 1. The third-order valence-electron chi connectivity index (χ3n) is 4.39. The molecule has 0 spiro atoms. The lowest BCUT2D eigenvalue weighted by molar-refractivity contribution is 0.0697. The largest absolute Gasteiger partial charge is 0.493 e. The molecular weight excluding hydrogens is 444 g/mol. The van der Waals surface area contributed by atoms with Crippen LogP contribution in [0.15, 0.2) is 57.3 Å². The van der Waals surface area contributed by atoms with Crippen molar-refractivity contribution in [1.29, 1.82) is 0 Å². The van der Waals surface area contributed by atoms with Crippen LogP contribution in [-0.2, 0) is 0 Å². The molecule has 2 aromatic heterocycles. The monoisotopic (exact) mass is 458 g/mol. The minimum Gasteiger partial charge on any atom is -0.493 e. The van der Waals surface area contributed by atoms with E-state index in [0.29, 0.717) is 32.3 Å². The molecule has 31 heavy (non-hydrogen) atoms. The van der Waals surface area contributed by atoms with Gasteiger partial charge in [-0.05, 0) is 30.3 Å². The van der Waals surface area contributed by atoms with E-state index < -0.39 is 11.5 Å². The molecule has 4 aromatic rings. The van der Waals surface area contributed by atoms with Crippen molar-refractivity contribution in [1.82, 2.24) is 19.7 Å². The van der Waals surface area contributed by atoms with Gasteiger partial charge in [0.1, 0.15) is 0 Å². The van der Waals surface area contributed by atoms with Crippen molar-refractivity contribution in [2.75, 3.05) is 14.2 Å². The number of aromatic nitrogens is 4. The smallest absolute Gasteiger partial charge is 0.338 e. The first-order chi connectivity index (χ1) is 14.9. The Labute approximate surface area is 184 Å². The molecule has 11 heteroatoms. The lowest BCUT2D eigenvalue weighted by Gasteiger charge is -2.11. The van der Waals surface area contributed by atoms with Crippen LogP contribution < -0.4 is 15.0 Å². The zero-order valence-electron chi connectivity index (χ0n) is 16.2. The topological polar surface area (TPSA) is 119 Å². The number of carboxylic acids is 1. The van der Waals surface area contributed by atoms with Gasteiger partial charge in [-0.3, -0.25) is 4.79 Å². The average Bonchev–Trinajstić information content (AvgIpc) is 3.25. The molecule has 0 bridgehead atoms. The molecule has 0 radical (unpaired) electrons. The van der Waals surface area contributed by atoms with E-state index >= 15 is 0 Å². The Balaban J connectivity index is 1.72. The van der Waals surface area contributed by atoms with Crippen LogP contribution in [0.3, 0.4) is 0 Å². The second kappa shape index (κ2) is 8.32. The van der Waals surface area contributed by atoms with Crippen molar-refractivity contribution >= 4 is 40.2 Å². The van der Waals surface area contributed by atoms with E-state index in [1.165, 1.54) is 28.8 Å². The number of carboxylic acid groups (broad SMARTS) is 1. The number of methoxy groups -OCH3 is 2. The fourth-order valence-corrected chi connectivity index (χ4v) is 4.05. The molecule has 2 N–H and O–H groups in total. The highest BCUT2D eigenvalue weighted by atomic mass is 35.5. The molecule has 0 unspecified atom stereocenters. The van der Waals surface area contributed by atoms with Gasteiger partial charge in [0.25, 0.3) is 5.56 Å². The summed E-state index contributed by atoms with van der Waals surface area (Å²) in [7, 11) is 3.11. The van der Waals surface area contributed by atoms with E-state index in [0.717, 1.165) is 4.90 Å². The number of nitrogens with one attached hydrogen (secondary N) is 1. The van der Waals surface area contributed by atoms with Gasteiger partial charge in [0, 0.05) is 16.0 Å². The summed E-state index contributed by atoms with van der Waals surface area (Å²) < 4.78 is 11.8. The van der Waals surface area contributed by atoms with Gasteiger partial charge < -0.3 is 19.6 Å². The fraction of sp³-hybridized carbons (Fsp3) is 0.100. The SMILES string of the molecule is COc1ccc(Sc2cc3c(=O)nc(-n4cc(C(=O)O)cn4)[nH]c3cc2Cl)cc1OC. The maximum absolute atomic E-state index is 12.6. The normalized spacial score (nSPS) is 10.9. The number of hydrogen-bond acceptors (Lipinski definition) is 7. The van der Waals surface area contributed by atoms with Crippen molar-refractivity contribution in [2.45, 2.75) is 9.79 Å². The summed E-state index contributed by atoms with van der Waals surface area (Å²) in [6, 6.07) is 8.73. The number of rotatable bonds is 6. The molecule has 0 aliphatic heterocycles. The molecule has 0 saturated heterocycles. The molecule has 0 amide bonds. The summed E-state index contributed by atoms with van der Waals surface area (Å²) in [6.07, 6.45) is 2.43. The summed E-state index contributed by atoms with van der Waals surface area (Å²) in [5.41, 5.74) is -0.0755. The molecule has 0 aliphatic rings. The number of ether oxygens (including phenoxy) is 2. The Morgan fingerprint density at radius 3 is 2.65 bits per heavy atom. The number of fused-ring (bicyclic) bond motifs is 1. The minimum absolute atomic E-state index is 0.0255. The first kappa shape index (κ1) is 20.8. The molecule has 9 nitrogen and oxygen atoms in total. The Morgan fingerprint density at radius 2 is 1.97 bits per heavy atom. The summed E-state index contributed by atoms with van der Waals surface area (Å²) in [5.74, 6) is 0.137. The van der Waals surface area contributed by atoms with Gasteiger partial charge in [-0.1, -0.05) is 23.4 Å². The number of H-pyrrole nitrogens is 1. The van der Waals surface area contributed by atoms with E-state index in [-0.39, 0.29) is 11.5 Å². The first-order valence-corrected chi connectivity index (χ1v) is 10.0. The van der Waals surface area contributed by atoms with E-state index in [1.807, 2.05) is 12.1 Å². The molecule has 4 rings (SSSR count). The summed E-state index contributed by atoms with van der Waals surface area (Å²) in [4.78, 5) is 32.1. The van der Waals surface area contributed by atoms with Crippen LogP contribution in [-0.4, -0.2) is 45.0 Å². The van der Waals surface area contributed by atoms with Crippen LogP contribution >= 0.6 is 23.4 Å². The van der Waals surface area contributed by atoms with Crippen molar-refractivity contribution in [2.24, 2.45) is 0 Å². The van der Waals surface area contributed by atoms with Crippen molar-refractivity contribution in [3.8, 4) is 17.4 Å². The standard InChI is InChI=1S/C20H15ClN4O5S/c1-29-15-4-3-11(5-16(15)30-2)31-17-6-12-14(7-13(17)21)23-20(24-18(12)26)25-9-10(8-22-25)19(27)28/h3-9H,1-2H3,(H,27,28)(H,23,24,26). The Morgan fingerprint density at radius 1 is 1.19 bits per heavy atom. The summed E-state index contributed by atoms with van der Waals surface area (Å²) >= 11 is 7.83. The molecule has 0 fully saturated rings. The minimum atomic E-state index is -1.13. The zero-order valence-corrected chi connectivity index (χ0v) is 17.8. The van der Waals surface area contributed by atoms with E-state index in [2.05, 4.69) is 15.1 Å². The zero-order chi connectivity index (χ0) is 22.1. The van der Waals surface area contributed by atoms with E-state index in [4.69, 9.17) is 26.2 Å². The molecule has 0 atom stereocenters. The maximum atomic E-state index is 12.6. The van der Waals surface area contributed by atoms with Gasteiger partial charge in [-0.15, -0.1) is 0 Å². The Hall–Kier alpha value is -3.50. The van der Waals surface area contributed by atoms with Gasteiger partial charge in [0.05, 0.1) is 41.9 Å². The summed E-state index contributed by atoms with van der Waals surface area (Å²) in [6.45, 7) is 0. The number of hydrogen-bond donors (Lipinski definition) is 2. The third-order valence-corrected chi connectivity index (χ3v) is 5.86. The number of carbonyl (C=O) groups is 1. The predicted octanol–water partition coefficient (Wildman–Crippen LogP) is 3.63. The number of nitrogens with zero attached hydrogens (tertiary/aromatic N) is 3. The molecule has 0 saturated carbocycles. The van der Waals surface area contributed by atoms with Crippen LogP contribution in [0.2, 0.25) is 5.02 Å². The highest BCUT2D eigenvalue weighted by Gasteiger charge is 2.14. The van der Waals surface area contributed by atoms with Crippen molar-refractivity contribution in [3.05, 3.63) is 63.7 Å². The van der Waals surface area contributed by atoms with Gasteiger partial charge in [0.2, 0.25) is 5.95 Å². The second-order valence-electron chi connectivity index (χ2n) is 6.29. The number of benzene rings is 2. The van der Waals surface area contributed by atoms with E-state index in [1.54, 1.807) is 32.4 Å². The fourth-order valence-electron chi connectivity index (χ4n) is 2.88. The van der Waals surface area contributed by atoms with Crippen molar-refractivity contribution < 1.29 is 19.4 Å². The van der Waals surface area contributed by atoms with Crippen LogP contribution in [0.25, 0.3) is 16.9 Å². The van der Waals surface area contributed by atoms with Gasteiger partial charge in [0.15, 0.2) is 11.5 Å². The number of aromatic carboxylic acids is 1. The van der Waals surface area contributed by atoms with Crippen LogP contribution in [0.1, 0.15) is 10.4 Å². The third kappa shape index (κ3) is 4.07. The highest BCUT2D eigenvalue weighted by Crippen LogP contribution is 2.38. The maximum Gasteiger partial charge on any atom is 0.338 e. The van der Waals surface area contributed by atoms with Gasteiger partial charge in [-0.2, -0.15) is 10.1 Å². The van der Waals surface area contributed by atoms with Gasteiger partial charge >= 0.3 is 5.97 Å². The quantitative estimate of drug-likeness (QED) is 0.449. The second-order valence-corrected chi connectivity index (χ2v) is 7.81. The highest BCUT2D eigenvalue weighted by molar-refractivity contribution is 7.99. The van der Waals surface area contributed by atoms with Crippen LogP contribution in [0.4, 0.5) is 0 Å². The lowest BCUT2D eigenvalue weighted by atomic mass is 10.2. The van der Waals surface area contributed by atoms with E-state index in [9.17, 15) is 9.59 Å². The summed E-state index contributed by atoms with van der Waals surface area (Å²) in [5, 5.41) is 13.7. The molecule has 158 valence electrons. The number of aromatic amines is 1. The van der Waals surface area contributed by atoms with Crippen LogP contribution in [0.5, 0.6) is 11.5 Å². The Bertz CT molecular complexity index is 1370. The van der Waals surface area contributed by atoms with Crippen molar-refractivity contribution in [3.63, 3.8) is 0 Å². The molecule has 2 heterocycles. The lowest BCUT2D eigenvalue weighted by Crippen LogP contribution is -2.14.